The zero-order valence-electron chi connectivity index (χ0n) is 13.6. The summed E-state index contributed by atoms with van der Waals surface area (Å²) < 4.78 is 10.0. The third-order valence-electron chi connectivity index (χ3n) is 3.27. The second-order valence-electron chi connectivity index (χ2n) is 4.63. The smallest absolute Gasteiger partial charge is 0.411 e. The minimum Gasteiger partial charge on any atom is -0.462 e. The third-order valence-corrected chi connectivity index (χ3v) is 3.27. The molecule has 0 unspecified atom stereocenters. The van der Waals surface area contributed by atoms with E-state index in [2.05, 4.69) is 5.32 Å². The maximum Gasteiger partial charge on any atom is 0.411 e. The highest BCUT2D eigenvalue weighted by Crippen LogP contribution is 2.32. The van der Waals surface area contributed by atoms with E-state index in [-0.39, 0.29) is 13.2 Å². The zero-order valence-corrected chi connectivity index (χ0v) is 13.6. The zero-order chi connectivity index (χ0) is 16.7. The van der Waals surface area contributed by atoms with Gasteiger partial charge in [0.05, 0.1) is 24.5 Å². The Morgan fingerprint density at radius 3 is 2.23 bits per heavy atom. The highest BCUT2D eigenvalue weighted by molar-refractivity contribution is 6.03. The monoisotopic (exact) mass is 308 g/mol. The molecule has 0 aromatic heterocycles. The Labute approximate surface area is 131 Å². The van der Waals surface area contributed by atoms with Crippen molar-refractivity contribution in [3.63, 3.8) is 0 Å². The number of ether oxygens (including phenoxy) is 2. The Balaban J connectivity index is 3.47. The molecule has 1 aromatic carbocycles. The van der Waals surface area contributed by atoms with Gasteiger partial charge in [-0.15, -0.1) is 0 Å². The van der Waals surface area contributed by atoms with Crippen molar-refractivity contribution >= 4 is 23.4 Å². The number of hydrogen-bond donors (Lipinski definition) is 2. The number of carbonyl (C=O) groups is 2. The first-order valence-corrected chi connectivity index (χ1v) is 7.55. The molecule has 0 radical (unpaired) electrons. The van der Waals surface area contributed by atoms with Gasteiger partial charge in [0, 0.05) is 5.69 Å². The maximum absolute atomic E-state index is 12.3. The van der Waals surface area contributed by atoms with Crippen molar-refractivity contribution in [1.29, 1.82) is 0 Å². The lowest BCUT2D eigenvalue weighted by atomic mass is 9.95. The third kappa shape index (κ3) is 3.90. The molecule has 0 fully saturated rings. The van der Waals surface area contributed by atoms with E-state index in [0.29, 0.717) is 35.3 Å². The largest absolute Gasteiger partial charge is 0.462 e. The lowest BCUT2D eigenvalue weighted by Gasteiger charge is -2.19. The molecular weight excluding hydrogens is 284 g/mol. The van der Waals surface area contributed by atoms with Crippen LogP contribution in [-0.4, -0.2) is 25.3 Å². The highest BCUT2D eigenvalue weighted by Gasteiger charge is 2.23. The molecule has 122 valence electrons. The van der Waals surface area contributed by atoms with E-state index in [9.17, 15) is 9.59 Å². The van der Waals surface area contributed by atoms with Gasteiger partial charge in [0.15, 0.2) is 0 Å². The molecule has 0 saturated heterocycles. The summed E-state index contributed by atoms with van der Waals surface area (Å²) in [6, 6.07) is 1.77. The van der Waals surface area contributed by atoms with Gasteiger partial charge in [-0.05, 0) is 43.9 Å². The van der Waals surface area contributed by atoms with Crippen LogP contribution in [0.3, 0.4) is 0 Å². The number of hydrogen-bond acceptors (Lipinski definition) is 5. The SMILES string of the molecule is CCOC(=O)Nc1c(CC)c(N)cc(CC)c1C(=O)OCC. The van der Waals surface area contributed by atoms with Crippen LogP contribution in [0, 0.1) is 0 Å². The number of esters is 1. The first kappa shape index (κ1) is 17.8. The second kappa shape index (κ2) is 8.26. The van der Waals surface area contributed by atoms with Gasteiger partial charge in [0.25, 0.3) is 0 Å². The predicted octanol–water partition coefficient (Wildman–Crippen LogP) is 3.14. The average Bonchev–Trinajstić information content (AvgIpc) is 2.47. The van der Waals surface area contributed by atoms with Gasteiger partial charge in [0.1, 0.15) is 0 Å². The molecule has 0 heterocycles. The Kier molecular flexibility index (Phi) is 6.69. The fourth-order valence-corrected chi connectivity index (χ4v) is 2.31. The molecule has 22 heavy (non-hydrogen) atoms. The first-order chi connectivity index (χ1) is 10.5. The minimum atomic E-state index is -0.615. The Morgan fingerprint density at radius 2 is 1.73 bits per heavy atom. The van der Waals surface area contributed by atoms with Crippen LogP contribution in [0.4, 0.5) is 16.2 Å². The lowest BCUT2D eigenvalue weighted by Crippen LogP contribution is -2.20. The summed E-state index contributed by atoms with van der Waals surface area (Å²) in [4.78, 5) is 24.1. The van der Waals surface area contributed by atoms with Crippen LogP contribution >= 0.6 is 0 Å². The van der Waals surface area contributed by atoms with Crippen LogP contribution in [0.15, 0.2) is 6.07 Å². The number of carbonyl (C=O) groups excluding carboxylic acids is 2. The van der Waals surface area contributed by atoms with Crippen molar-refractivity contribution in [2.24, 2.45) is 0 Å². The quantitative estimate of drug-likeness (QED) is 0.622. The average molecular weight is 308 g/mol. The van der Waals surface area contributed by atoms with E-state index in [1.54, 1.807) is 19.9 Å². The minimum absolute atomic E-state index is 0.241. The van der Waals surface area contributed by atoms with E-state index in [0.717, 1.165) is 5.56 Å². The number of nitrogens with two attached hydrogens (primary N) is 1. The molecular formula is C16H24N2O4. The van der Waals surface area contributed by atoms with Crippen LogP contribution in [0.5, 0.6) is 0 Å². The molecule has 0 atom stereocenters. The number of rotatable bonds is 6. The lowest BCUT2D eigenvalue weighted by molar-refractivity contribution is 0.0526. The van der Waals surface area contributed by atoms with Crippen molar-refractivity contribution in [1.82, 2.24) is 0 Å². The van der Waals surface area contributed by atoms with E-state index in [4.69, 9.17) is 15.2 Å². The summed E-state index contributed by atoms with van der Waals surface area (Å²) in [5.41, 5.74) is 8.77. The first-order valence-electron chi connectivity index (χ1n) is 7.55. The van der Waals surface area contributed by atoms with Crippen LogP contribution < -0.4 is 11.1 Å². The maximum atomic E-state index is 12.3. The van der Waals surface area contributed by atoms with E-state index in [1.165, 1.54) is 0 Å². The van der Waals surface area contributed by atoms with Gasteiger partial charge < -0.3 is 15.2 Å². The van der Waals surface area contributed by atoms with Crippen molar-refractivity contribution in [3.05, 3.63) is 22.8 Å². The number of nitrogens with one attached hydrogen (secondary N) is 1. The number of nitrogen functional groups attached to an aromatic ring is 1. The van der Waals surface area contributed by atoms with Crippen LogP contribution in [0.1, 0.15) is 49.2 Å². The van der Waals surface area contributed by atoms with E-state index in [1.807, 2.05) is 13.8 Å². The number of benzene rings is 1. The predicted molar refractivity (Wildman–Crippen MR) is 86.2 cm³/mol. The fraction of sp³-hybridized carbons (Fsp3) is 0.500. The summed E-state index contributed by atoms with van der Waals surface area (Å²) in [5.74, 6) is -0.471. The van der Waals surface area contributed by atoms with Crippen LogP contribution in [0.2, 0.25) is 0 Å². The van der Waals surface area contributed by atoms with Gasteiger partial charge >= 0.3 is 12.1 Å². The van der Waals surface area contributed by atoms with Gasteiger partial charge in [-0.3, -0.25) is 5.32 Å². The molecule has 6 nitrogen and oxygen atoms in total. The molecule has 6 heteroatoms. The van der Waals surface area contributed by atoms with Crippen LogP contribution in [0.25, 0.3) is 0 Å². The van der Waals surface area contributed by atoms with Gasteiger partial charge in [-0.25, -0.2) is 9.59 Å². The van der Waals surface area contributed by atoms with E-state index < -0.39 is 12.1 Å². The molecule has 0 bridgehead atoms. The second-order valence-corrected chi connectivity index (χ2v) is 4.63. The number of amides is 1. The molecule has 0 aliphatic heterocycles. The normalized spacial score (nSPS) is 10.2. The van der Waals surface area contributed by atoms with Gasteiger partial charge in [-0.2, -0.15) is 0 Å². The Morgan fingerprint density at radius 1 is 1.09 bits per heavy atom. The number of aryl methyl sites for hydroxylation is 1. The summed E-state index contributed by atoms with van der Waals surface area (Å²) in [7, 11) is 0. The molecule has 0 aliphatic carbocycles. The Bertz CT molecular complexity index is 556. The highest BCUT2D eigenvalue weighted by atomic mass is 16.5. The van der Waals surface area contributed by atoms with E-state index >= 15 is 0 Å². The molecule has 1 aromatic rings. The van der Waals surface area contributed by atoms with Crippen molar-refractivity contribution in [2.75, 3.05) is 24.3 Å². The standard InChI is InChI=1S/C16H24N2O4/c1-5-10-9-12(17)11(6-2)14(18-16(20)22-8-4)13(10)15(19)21-7-3/h9H,5-8,17H2,1-4H3,(H,18,20). The van der Waals surface area contributed by atoms with Crippen molar-refractivity contribution < 1.29 is 19.1 Å². The molecule has 0 spiro atoms. The topological polar surface area (TPSA) is 90.6 Å². The summed E-state index contributed by atoms with van der Waals surface area (Å²) >= 11 is 0. The molecule has 3 N–H and O–H groups in total. The molecule has 0 saturated carbocycles. The van der Waals surface area contributed by atoms with Crippen molar-refractivity contribution in [3.8, 4) is 0 Å². The summed E-state index contributed by atoms with van der Waals surface area (Å²) in [5, 5.41) is 2.64. The van der Waals surface area contributed by atoms with Gasteiger partial charge in [-0.1, -0.05) is 13.8 Å². The van der Waals surface area contributed by atoms with Gasteiger partial charge in [0.2, 0.25) is 0 Å². The fourth-order valence-electron chi connectivity index (χ4n) is 2.31. The Hall–Kier alpha value is -2.24. The molecule has 0 aliphatic rings. The van der Waals surface area contributed by atoms with Crippen molar-refractivity contribution in [2.45, 2.75) is 40.5 Å². The van der Waals surface area contributed by atoms with Crippen LogP contribution in [-0.2, 0) is 22.3 Å². The molecule has 1 amide bonds. The summed E-state index contributed by atoms with van der Waals surface area (Å²) in [6.45, 7) is 7.76. The number of anilines is 2. The molecule has 1 rings (SSSR count). The summed E-state index contributed by atoms with van der Waals surface area (Å²) in [6.07, 6.45) is 0.555.